The Morgan fingerprint density at radius 1 is 1.18 bits per heavy atom. The quantitative estimate of drug-likeness (QED) is 0.498. The van der Waals surface area contributed by atoms with Gasteiger partial charge in [-0.1, -0.05) is 13.2 Å². The molecule has 98 valence electrons. The first-order valence-electron chi connectivity index (χ1n) is 4.85. The van der Waals surface area contributed by atoms with E-state index in [0.717, 1.165) is 12.2 Å². The van der Waals surface area contributed by atoms with Crippen LogP contribution in [0.1, 0.15) is 6.92 Å². The predicted molar refractivity (Wildman–Crippen MR) is 61.1 cm³/mol. The number of esters is 2. The van der Waals surface area contributed by atoms with E-state index >= 15 is 0 Å². The third kappa shape index (κ3) is 14.3. The Morgan fingerprint density at radius 2 is 1.65 bits per heavy atom. The molecule has 0 rings (SSSR count). The van der Waals surface area contributed by atoms with Gasteiger partial charge in [-0.15, -0.1) is 0 Å². The molecule has 17 heavy (non-hydrogen) atoms. The first-order valence-corrected chi connectivity index (χ1v) is 4.85. The topological polar surface area (TPSA) is 93.1 Å². The van der Waals surface area contributed by atoms with Crippen LogP contribution in [0.15, 0.2) is 25.3 Å². The molecule has 0 aromatic carbocycles. The van der Waals surface area contributed by atoms with Gasteiger partial charge >= 0.3 is 11.9 Å². The predicted octanol–water partition coefficient (Wildman–Crippen LogP) is -0.196. The molecule has 0 saturated carbocycles. The normalized spacial score (nSPS) is 10.3. The SMILES string of the molecule is C=CC(=O)OCC(C)OC(=O)C=C.OCCO. The molecule has 0 aliphatic heterocycles. The molecule has 0 saturated heterocycles. The number of rotatable bonds is 6. The summed E-state index contributed by atoms with van der Waals surface area (Å²) in [5, 5.41) is 15.2. The Bertz CT molecular complexity index is 246. The van der Waals surface area contributed by atoms with Crippen molar-refractivity contribution in [2.75, 3.05) is 19.8 Å². The molecule has 2 N–H and O–H groups in total. The molecular weight excluding hydrogens is 228 g/mol. The van der Waals surface area contributed by atoms with Gasteiger partial charge < -0.3 is 19.7 Å². The summed E-state index contributed by atoms with van der Waals surface area (Å²) in [6, 6.07) is 0. The van der Waals surface area contributed by atoms with Gasteiger partial charge in [-0.3, -0.25) is 0 Å². The highest BCUT2D eigenvalue weighted by molar-refractivity contribution is 5.82. The van der Waals surface area contributed by atoms with Gasteiger partial charge in [-0.2, -0.15) is 0 Å². The molecule has 0 aromatic heterocycles. The van der Waals surface area contributed by atoms with Crippen LogP contribution in [-0.2, 0) is 19.1 Å². The van der Waals surface area contributed by atoms with Gasteiger partial charge in [0, 0.05) is 12.2 Å². The van der Waals surface area contributed by atoms with Gasteiger partial charge in [0.15, 0.2) is 0 Å². The number of hydrogen-bond acceptors (Lipinski definition) is 6. The third-order valence-corrected chi connectivity index (χ3v) is 1.21. The van der Waals surface area contributed by atoms with Crippen LogP contribution in [0.5, 0.6) is 0 Å². The van der Waals surface area contributed by atoms with Crippen molar-refractivity contribution in [1.29, 1.82) is 0 Å². The summed E-state index contributed by atoms with van der Waals surface area (Å²) >= 11 is 0. The molecule has 0 radical (unpaired) electrons. The average Bonchev–Trinajstić information content (AvgIpc) is 2.35. The smallest absolute Gasteiger partial charge is 0.330 e. The maximum atomic E-state index is 10.6. The van der Waals surface area contributed by atoms with Crippen LogP contribution in [0.3, 0.4) is 0 Å². The fourth-order valence-corrected chi connectivity index (χ4v) is 0.539. The summed E-state index contributed by atoms with van der Waals surface area (Å²) in [7, 11) is 0. The highest BCUT2D eigenvalue weighted by Gasteiger charge is 2.07. The average molecular weight is 246 g/mol. The van der Waals surface area contributed by atoms with Crippen molar-refractivity contribution in [3.8, 4) is 0 Å². The fraction of sp³-hybridized carbons (Fsp3) is 0.455. The zero-order valence-corrected chi connectivity index (χ0v) is 9.80. The van der Waals surface area contributed by atoms with Crippen molar-refractivity contribution in [2.24, 2.45) is 0 Å². The minimum Gasteiger partial charge on any atom is -0.459 e. The van der Waals surface area contributed by atoms with Crippen molar-refractivity contribution >= 4 is 11.9 Å². The van der Waals surface area contributed by atoms with Crippen LogP contribution < -0.4 is 0 Å². The first kappa shape index (κ1) is 17.7. The van der Waals surface area contributed by atoms with E-state index in [0.29, 0.717) is 0 Å². The summed E-state index contributed by atoms with van der Waals surface area (Å²) in [4.78, 5) is 21.2. The van der Waals surface area contributed by atoms with Crippen molar-refractivity contribution in [1.82, 2.24) is 0 Å². The van der Waals surface area contributed by atoms with E-state index in [2.05, 4.69) is 17.9 Å². The van der Waals surface area contributed by atoms with Crippen LogP contribution in [-0.4, -0.2) is 48.1 Å². The van der Waals surface area contributed by atoms with Gasteiger partial charge in [0.2, 0.25) is 0 Å². The second-order valence-corrected chi connectivity index (χ2v) is 2.73. The molecule has 0 spiro atoms. The van der Waals surface area contributed by atoms with Gasteiger partial charge in [-0.25, -0.2) is 9.59 Å². The molecule has 0 heterocycles. The highest BCUT2D eigenvalue weighted by Crippen LogP contribution is 1.94. The maximum absolute atomic E-state index is 10.6. The van der Waals surface area contributed by atoms with Crippen molar-refractivity contribution in [3.63, 3.8) is 0 Å². The number of carbonyl (C=O) groups excluding carboxylic acids is 2. The van der Waals surface area contributed by atoms with Crippen LogP contribution in [0, 0.1) is 0 Å². The van der Waals surface area contributed by atoms with E-state index < -0.39 is 18.0 Å². The van der Waals surface area contributed by atoms with Gasteiger partial charge in [0.05, 0.1) is 13.2 Å². The van der Waals surface area contributed by atoms with Gasteiger partial charge in [-0.05, 0) is 6.92 Å². The van der Waals surface area contributed by atoms with Crippen molar-refractivity contribution in [2.45, 2.75) is 13.0 Å². The lowest BCUT2D eigenvalue weighted by Crippen LogP contribution is -2.20. The largest absolute Gasteiger partial charge is 0.459 e. The van der Waals surface area contributed by atoms with Gasteiger partial charge in [0.25, 0.3) is 0 Å². The molecule has 6 heteroatoms. The number of aliphatic hydroxyl groups excluding tert-OH is 2. The minimum atomic E-state index is -0.540. The van der Waals surface area contributed by atoms with Crippen LogP contribution in [0.4, 0.5) is 0 Å². The molecule has 1 atom stereocenters. The zero-order valence-electron chi connectivity index (χ0n) is 9.80. The van der Waals surface area contributed by atoms with Crippen LogP contribution >= 0.6 is 0 Å². The Hall–Kier alpha value is -1.66. The molecular formula is C11H18O6. The molecule has 6 nitrogen and oxygen atoms in total. The molecule has 0 fully saturated rings. The fourth-order valence-electron chi connectivity index (χ4n) is 0.539. The third-order valence-electron chi connectivity index (χ3n) is 1.21. The van der Waals surface area contributed by atoms with Crippen molar-refractivity contribution in [3.05, 3.63) is 25.3 Å². The van der Waals surface area contributed by atoms with Crippen LogP contribution in [0.2, 0.25) is 0 Å². The standard InChI is InChI=1S/C9H12O4.C2H6O2/c1-4-8(10)12-6-7(3)13-9(11)5-2;3-1-2-4/h4-5,7H,1-2,6H2,3H3;3-4H,1-2H2. The summed E-state index contributed by atoms with van der Waals surface area (Å²) in [6.07, 6.45) is 1.61. The Labute approximate surface area is 100 Å². The second kappa shape index (κ2) is 12.4. The number of aliphatic hydroxyl groups is 2. The molecule has 1 unspecified atom stereocenters. The summed E-state index contributed by atoms with van der Waals surface area (Å²) in [5.41, 5.74) is 0. The van der Waals surface area contributed by atoms with Crippen molar-refractivity contribution < 1.29 is 29.3 Å². The highest BCUT2D eigenvalue weighted by atomic mass is 16.6. The Balaban J connectivity index is 0. The van der Waals surface area contributed by atoms with Gasteiger partial charge in [0.1, 0.15) is 12.7 Å². The zero-order chi connectivity index (χ0) is 13.7. The van der Waals surface area contributed by atoms with E-state index in [4.69, 9.17) is 14.9 Å². The summed E-state index contributed by atoms with van der Waals surface area (Å²) in [5.74, 6) is -1.08. The number of carbonyl (C=O) groups is 2. The molecule has 0 aliphatic rings. The van der Waals surface area contributed by atoms with E-state index in [9.17, 15) is 9.59 Å². The Morgan fingerprint density at radius 3 is 2.00 bits per heavy atom. The monoisotopic (exact) mass is 246 g/mol. The lowest BCUT2D eigenvalue weighted by atomic mass is 10.4. The minimum absolute atomic E-state index is 0.0183. The lowest BCUT2D eigenvalue weighted by Gasteiger charge is -2.10. The molecule has 0 bridgehead atoms. The summed E-state index contributed by atoms with van der Waals surface area (Å²) < 4.78 is 9.36. The van der Waals surface area contributed by atoms with Crippen LogP contribution in [0.25, 0.3) is 0 Å². The first-order chi connectivity index (χ1) is 8.01. The van der Waals surface area contributed by atoms with E-state index in [-0.39, 0.29) is 19.8 Å². The Kier molecular flexibility index (Phi) is 12.9. The number of hydrogen-bond donors (Lipinski definition) is 2. The van der Waals surface area contributed by atoms with E-state index in [1.807, 2.05) is 0 Å². The second-order valence-electron chi connectivity index (χ2n) is 2.73. The van der Waals surface area contributed by atoms with E-state index in [1.165, 1.54) is 0 Å². The molecule has 0 amide bonds. The lowest BCUT2D eigenvalue weighted by molar-refractivity contribution is -0.151. The molecule has 0 aliphatic carbocycles. The number of ether oxygens (including phenoxy) is 2. The molecule has 0 aromatic rings. The summed E-state index contributed by atoms with van der Waals surface area (Å²) in [6.45, 7) is 7.82. The maximum Gasteiger partial charge on any atom is 0.330 e. The van der Waals surface area contributed by atoms with E-state index in [1.54, 1.807) is 6.92 Å².